The van der Waals surface area contributed by atoms with Gasteiger partial charge in [-0.1, -0.05) is 50.0 Å². The highest BCUT2D eigenvalue weighted by molar-refractivity contribution is 9.10. The molecule has 2 N–H and O–H groups in total. The van der Waals surface area contributed by atoms with E-state index < -0.39 is 6.09 Å². The SMILES string of the molecule is CCCCOc1c(CNC(=O)O)n(CC(C)(C)C)c(=O)c2ccc(Br)cc12. The Morgan fingerprint density at radius 3 is 2.59 bits per heavy atom. The number of ether oxygens (including phenoxy) is 1. The van der Waals surface area contributed by atoms with Gasteiger partial charge in [0.1, 0.15) is 5.75 Å². The Morgan fingerprint density at radius 1 is 1.30 bits per heavy atom. The van der Waals surface area contributed by atoms with Crippen molar-refractivity contribution in [3.8, 4) is 5.75 Å². The van der Waals surface area contributed by atoms with Gasteiger partial charge in [-0.2, -0.15) is 0 Å². The predicted octanol–water partition coefficient (Wildman–Crippen LogP) is 4.76. The lowest BCUT2D eigenvalue weighted by Crippen LogP contribution is -2.33. The Hall–Kier alpha value is -2.02. The van der Waals surface area contributed by atoms with Crippen LogP contribution in [0.4, 0.5) is 4.79 Å². The Kier molecular flexibility index (Phi) is 6.92. The van der Waals surface area contributed by atoms with Crippen molar-refractivity contribution >= 4 is 32.8 Å². The Labute approximate surface area is 167 Å². The standard InChI is InChI=1S/C20H27BrN2O4/c1-5-6-9-27-17-15-10-13(21)7-8-14(15)18(24)23(12-20(2,3)4)16(17)11-22-19(25)26/h7-8,10,22H,5-6,9,11-12H2,1-4H3,(H,25,26). The van der Waals surface area contributed by atoms with Crippen LogP contribution in [0.3, 0.4) is 0 Å². The Balaban J connectivity index is 2.76. The van der Waals surface area contributed by atoms with Crippen LogP contribution in [-0.4, -0.2) is 22.4 Å². The van der Waals surface area contributed by atoms with Crippen molar-refractivity contribution in [3.63, 3.8) is 0 Å². The number of hydrogen-bond donors (Lipinski definition) is 2. The Bertz CT molecular complexity index is 884. The topological polar surface area (TPSA) is 80.6 Å². The summed E-state index contributed by atoms with van der Waals surface area (Å²) in [5.74, 6) is 0.567. The molecular weight excluding hydrogens is 412 g/mol. The van der Waals surface area contributed by atoms with Gasteiger partial charge in [-0.3, -0.25) is 4.79 Å². The molecule has 0 aliphatic rings. The van der Waals surface area contributed by atoms with Gasteiger partial charge in [-0.05, 0) is 30.0 Å². The quantitative estimate of drug-likeness (QED) is 0.610. The fourth-order valence-corrected chi connectivity index (χ4v) is 3.25. The normalized spacial score (nSPS) is 11.6. The van der Waals surface area contributed by atoms with Crippen LogP contribution in [0.15, 0.2) is 27.5 Å². The number of carboxylic acid groups (broad SMARTS) is 1. The van der Waals surface area contributed by atoms with Crippen molar-refractivity contribution in [2.75, 3.05) is 6.61 Å². The van der Waals surface area contributed by atoms with Gasteiger partial charge < -0.3 is 19.7 Å². The molecule has 0 aliphatic carbocycles. The number of nitrogens with one attached hydrogen (secondary N) is 1. The molecule has 7 heteroatoms. The molecule has 0 saturated heterocycles. The average molecular weight is 439 g/mol. The van der Waals surface area contributed by atoms with Gasteiger partial charge in [-0.25, -0.2) is 4.79 Å². The summed E-state index contributed by atoms with van der Waals surface area (Å²) in [5, 5.41) is 12.7. The molecule has 6 nitrogen and oxygen atoms in total. The number of pyridine rings is 1. The van der Waals surface area contributed by atoms with E-state index in [0.29, 0.717) is 35.4 Å². The number of carbonyl (C=O) groups is 1. The number of fused-ring (bicyclic) bond motifs is 1. The maximum Gasteiger partial charge on any atom is 0.404 e. The highest BCUT2D eigenvalue weighted by Gasteiger charge is 2.22. The first-order chi connectivity index (χ1) is 12.6. The molecule has 1 aromatic carbocycles. The van der Waals surface area contributed by atoms with E-state index in [0.717, 1.165) is 17.3 Å². The summed E-state index contributed by atoms with van der Waals surface area (Å²) in [4.78, 5) is 24.3. The molecule has 0 aliphatic heterocycles. The van der Waals surface area contributed by atoms with E-state index in [1.807, 2.05) is 32.9 Å². The summed E-state index contributed by atoms with van der Waals surface area (Å²) < 4.78 is 8.55. The third kappa shape index (κ3) is 5.48. The van der Waals surface area contributed by atoms with Crippen molar-refractivity contribution in [1.82, 2.24) is 9.88 Å². The van der Waals surface area contributed by atoms with Crippen LogP contribution in [0.2, 0.25) is 0 Å². The van der Waals surface area contributed by atoms with Gasteiger partial charge >= 0.3 is 6.09 Å². The molecule has 0 unspecified atom stereocenters. The van der Waals surface area contributed by atoms with Crippen LogP contribution in [-0.2, 0) is 13.1 Å². The lowest BCUT2D eigenvalue weighted by molar-refractivity contribution is 0.193. The molecular formula is C20H27BrN2O4. The average Bonchev–Trinajstić information content (AvgIpc) is 2.56. The minimum atomic E-state index is -1.14. The molecule has 1 aromatic heterocycles. The number of amides is 1. The predicted molar refractivity (Wildman–Crippen MR) is 111 cm³/mol. The summed E-state index contributed by atoms with van der Waals surface area (Å²) in [5.41, 5.74) is 0.252. The first-order valence-electron chi connectivity index (χ1n) is 9.08. The van der Waals surface area contributed by atoms with Gasteiger partial charge in [0.15, 0.2) is 0 Å². The molecule has 0 radical (unpaired) electrons. The molecule has 2 rings (SSSR count). The fourth-order valence-electron chi connectivity index (χ4n) is 2.89. The van der Waals surface area contributed by atoms with Gasteiger partial charge in [-0.15, -0.1) is 0 Å². The van der Waals surface area contributed by atoms with Crippen molar-refractivity contribution in [1.29, 1.82) is 0 Å². The molecule has 0 fully saturated rings. The largest absolute Gasteiger partial charge is 0.491 e. The van der Waals surface area contributed by atoms with Crippen LogP contribution >= 0.6 is 15.9 Å². The summed E-state index contributed by atoms with van der Waals surface area (Å²) in [6.45, 7) is 9.16. The van der Waals surface area contributed by atoms with Gasteiger partial charge in [0.2, 0.25) is 0 Å². The first-order valence-corrected chi connectivity index (χ1v) is 9.88. The fraction of sp³-hybridized carbons (Fsp3) is 0.500. The summed E-state index contributed by atoms with van der Waals surface area (Å²) in [6.07, 6.45) is 0.713. The van der Waals surface area contributed by atoms with E-state index in [4.69, 9.17) is 9.84 Å². The third-order valence-electron chi connectivity index (χ3n) is 4.07. The zero-order valence-electron chi connectivity index (χ0n) is 16.3. The van der Waals surface area contributed by atoms with E-state index in [1.165, 1.54) is 0 Å². The van der Waals surface area contributed by atoms with E-state index in [9.17, 15) is 9.59 Å². The van der Waals surface area contributed by atoms with Crippen LogP contribution in [0.1, 0.15) is 46.2 Å². The van der Waals surface area contributed by atoms with Gasteiger partial charge in [0.25, 0.3) is 5.56 Å². The second-order valence-electron chi connectivity index (χ2n) is 7.78. The van der Waals surface area contributed by atoms with Crippen LogP contribution in [0.25, 0.3) is 10.8 Å². The number of halogens is 1. The molecule has 27 heavy (non-hydrogen) atoms. The molecule has 0 atom stereocenters. The Morgan fingerprint density at radius 2 is 2.00 bits per heavy atom. The molecule has 0 bridgehead atoms. The molecule has 2 aromatic rings. The molecule has 0 saturated carbocycles. The maximum absolute atomic E-state index is 13.2. The van der Waals surface area contributed by atoms with Crippen molar-refractivity contribution in [2.45, 2.75) is 53.6 Å². The molecule has 148 valence electrons. The number of nitrogens with zero attached hydrogens (tertiary/aromatic N) is 1. The van der Waals surface area contributed by atoms with Crippen molar-refractivity contribution in [3.05, 3.63) is 38.7 Å². The van der Waals surface area contributed by atoms with Crippen LogP contribution in [0.5, 0.6) is 5.75 Å². The first kappa shape index (κ1) is 21.3. The van der Waals surface area contributed by atoms with Crippen molar-refractivity contribution < 1.29 is 14.6 Å². The number of benzene rings is 1. The number of aromatic nitrogens is 1. The number of rotatable bonds is 7. The molecule has 1 amide bonds. The summed E-state index contributed by atoms with van der Waals surface area (Å²) in [7, 11) is 0. The second kappa shape index (κ2) is 8.78. The third-order valence-corrected chi connectivity index (χ3v) is 4.57. The zero-order valence-corrected chi connectivity index (χ0v) is 17.9. The lowest BCUT2D eigenvalue weighted by Gasteiger charge is -2.25. The van der Waals surface area contributed by atoms with Crippen molar-refractivity contribution in [2.24, 2.45) is 5.41 Å². The minimum absolute atomic E-state index is 0.00453. The molecule has 0 spiro atoms. The second-order valence-corrected chi connectivity index (χ2v) is 8.69. The highest BCUT2D eigenvalue weighted by Crippen LogP contribution is 2.32. The van der Waals surface area contributed by atoms with E-state index >= 15 is 0 Å². The summed E-state index contributed by atoms with van der Waals surface area (Å²) >= 11 is 3.45. The highest BCUT2D eigenvalue weighted by atomic mass is 79.9. The zero-order chi connectivity index (χ0) is 20.2. The van der Waals surface area contributed by atoms with E-state index in [-0.39, 0.29) is 17.5 Å². The van der Waals surface area contributed by atoms with E-state index in [1.54, 1.807) is 10.6 Å². The maximum atomic E-state index is 13.2. The molecule has 1 heterocycles. The number of unbranched alkanes of at least 4 members (excludes halogenated alkanes) is 1. The van der Waals surface area contributed by atoms with Gasteiger partial charge in [0.05, 0.1) is 24.2 Å². The van der Waals surface area contributed by atoms with Crippen LogP contribution < -0.4 is 15.6 Å². The summed E-state index contributed by atoms with van der Waals surface area (Å²) in [6, 6.07) is 5.46. The van der Waals surface area contributed by atoms with Crippen LogP contribution in [0, 0.1) is 5.41 Å². The minimum Gasteiger partial charge on any atom is -0.491 e. The monoisotopic (exact) mass is 438 g/mol. The van der Waals surface area contributed by atoms with E-state index in [2.05, 4.69) is 28.2 Å². The number of hydrogen-bond acceptors (Lipinski definition) is 3. The lowest BCUT2D eigenvalue weighted by atomic mass is 9.96. The van der Waals surface area contributed by atoms with Gasteiger partial charge in [0, 0.05) is 16.4 Å². The smallest absolute Gasteiger partial charge is 0.404 e.